The Balaban J connectivity index is 1.93. The van der Waals surface area contributed by atoms with Crippen LogP contribution < -0.4 is 5.32 Å². The number of amidine groups is 1. The van der Waals surface area contributed by atoms with Crippen LogP contribution in [-0.4, -0.2) is 25.2 Å². The quantitative estimate of drug-likeness (QED) is 0.224. The zero-order chi connectivity index (χ0) is 18.9. The van der Waals surface area contributed by atoms with Crippen LogP contribution in [-0.2, 0) is 4.79 Å². The summed E-state index contributed by atoms with van der Waals surface area (Å²) < 4.78 is 0. The van der Waals surface area contributed by atoms with Crippen LogP contribution in [0.5, 0.6) is 0 Å². The molecule has 0 saturated carbocycles. The molecule has 1 heterocycles. The second-order valence-corrected chi connectivity index (χ2v) is 8.43. The fraction of sp³-hybridized carbons (Fsp3) is 0.913. The minimum atomic E-state index is -0.0601. The Kier molecular flexibility index (Phi) is 13.6. The second-order valence-electron chi connectivity index (χ2n) is 8.43. The number of carbonyl (C=O) groups is 1. The van der Waals surface area contributed by atoms with Gasteiger partial charge in [0, 0.05) is 18.4 Å². The predicted molar refractivity (Wildman–Crippen MR) is 114 cm³/mol. The molecule has 0 saturated heterocycles. The van der Waals surface area contributed by atoms with Gasteiger partial charge < -0.3 is 10.1 Å². The normalized spacial score (nSPS) is 16.2. The zero-order valence-electron chi connectivity index (χ0n) is 17.7. The molecule has 0 aromatic carbocycles. The molecule has 1 N–H and O–H groups in total. The molecule has 0 radical (unpaired) electrons. The highest BCUT2D eigenvalue weighted by atomic mass is 16.1. The van der Waals surface area contributed by atoms with E-state index >= 15 is 0 Å². The van der Waals surface area contributed by atoms with Crippen molar-refractivity contribution in [3.8, 4) is 0 Å². The van der Waals surface area contributed by atoms with Gasteiger partial charge in [0.1, 0.15) is 12.1 Å². The van der Waals surface area contributed by atoms with Crippen LogP contribution >= 0.6 is 0 Å². The molecule has 3 nitrogen and oxygen atoms in total. The number of unbranched alkanes of at least 4 members (excludes halogenated alkanes) is 13. The van der Waals surface area contributed by atoms with E-state index in [-0.39, 0.29) is 5.41 Å². The lowest BCUT2D eigenvalue weighted by atomic mass is 9.80. The minimum Gasteiger partial charge on any atom is -0.372 e. The Hall–Kier alpha value is -0.860. The van der Waals surface area contributed by atoms with E-state index in [0.29, 0.717) is 6.42 Å². The fourth-order valence-electron chi connectivity index (χ4n) is 4.01. The molecule has 1 aliphatic rings. The maximum atomic E-state index is 11.0. The van der Waals surface area contributed by atoms with Crippen molar-refractivity contribution in [3.63, 3.8) is 0 Å². The van der Waals surface area contributed by atoms with Crippen molar-refractivity contribution in [2.45, 2.75) is 117 Å². The Morgan fingerprint density at radius 1 is 0.885 bits per heavy atom. The first kappa shape index (κ1) is 23.2. The van der Waals surface area contributed by atoms with E-state index in [0.717, 1.165) is 31.6 Å². The van der Waals surface area contributed by atoms with Crippen molar-refractivity contribution in [1.82, 2.24) is 5.32 Å². The molecule has 1 atom stereocenters. The second kappa shape index (κ2) is 15.2. The summed E-state index contributed by atoms with van der Waals surface area (Å²) in [6.45, 7) is 6.28. The van der Waals surface area contributed by atoms with Crippen LogP contribution in [0.2, 0.25) is 0 Å². The molecule has 1 rings (SSSR count). The molecule has 26 heavy (non-hydrogen) atoms. The molecule has 1 aliphatic heterocycles. The van der Waals surface area contributed by atoms with E-state index in [1.165, 1.54) is 89.9 Å². The molecule has 0 spiro atoms. The van der Waals surface area contributed by atoms with E-state index in [2.05, 4.69) is 24.2 Å². The van der Waals surface area contributed by atoms with Crippen LogP contribution in [0.15, 0.2) is 4.99 Å². The van der Waals surface area contributed by atoms with Gasteiger partial charge in [-0.05, 0) is 6.42 Å². The van der Waals surface area contributed by atoms with Gasteiger partial charge in [-0.3, -0.25) is 4.99 Å². The number of hydrogen-bond donors (Lipinski definition) is 1. The SMILES string of the molecule is CCCCCCCCCCCCCCCCC(C)(CC=O)C1=NCCN1. The summed E-state index contributed by atoms with van der Waals surface area (Å²) in [6.07, 6.45) is 22.2. The fourth-order valence-corrected chi connectivity index (χ4v) is 4.01. The summed E-state index contributed by atoms with van der Waals surface area (Å²) in [5, 5.41) is 3.37. The maximum absolute atomic E-state index is 11.0. The standard InChI is InChI=1S/C23H44N2O/c1-3-4-5-6-7-8-9-10-11-12-13-14-15-16-17-23(2,18-21-26)22-24-19-20-25-22/h21H,3-20H2,1-2H3,(H,24,25). The summed E-state index contributed by atoms with van der Waals surface area (Å²) in [5.74, 6) is 1.07. The molecular formula is C23H44N2O. The predicted octanol–water partition coefficient (Wildman–Crippen LogP) is 6.45. The number of aliphatic imine (C=N–C) groups is 1. The first-order valence-electron chi connectivity index (χ1n) is 11.5. The monoisotopic (exact) mass is 364 g/mol. The Labute approximate surface area is 162 Å². The highest BCUT2D eigenvalue weighted by molar-refractivity contribution is 5.90. The molecule has 0 aromatic heterocycles. The van der Waals surface area contributed by atoms with Gasteiger partial charge in [-0.1, -0.05) is 104 Å². The van der Waals surface area contributed by atoms with Gasteiger partial charge >= 0.3 is 0 Å². The Morgan fingerprint density at radius 3 is 1.81 bits per heavy atom. The number of rotatable bonds is 18. The van der Waals surface area contributed by atoms with Crippen molar-refractivity contribution < 1.29 is 4.79 Å². The van der Waals surface area contributed by atoms with E-state index in [1.54, 1.807) is 0 Å². The lowest BCUT2D eigenvalue weighted by molar-refractivity contribution is -0.109. The molecule has 0 amide bonds. The summed E-state index contributed by atoms with van der Waals surface area (Å²) in [5.41, 5.74) is -0.0601. The van der Waals surface area contributed by atoms with Crippen LogP contribution in [0.4, 0.5) is 0 Å². The van der Waals surface area contributed by atoms with Gasteiger partial charge in [-0.25, -0.2) is 0 Å². The third-order valence-electron chi connectivity index (χ3n) is 5.86. The number of aldehydes is 1. The molecule has 0 aromatic rings. The first-order valence-corrected chi connectivity index (χ1v) is 11.5. The van der Waals surface area contributed by atoms with Gasteiger partial charge in [0.15, 0.2) is 0 Å². The molecule has 0 fully saturated rings. The third kappa shape index (κ3) is 10.3. The van der Waals surface area contributed by atoms with E-state index in [1.807, 2.05) is 0 Å². The number of carbonyl (C=O) groups excluding carboxylic acids is 1. The molecule has 0 bridgehead atoms. The van der Waals surface area contributed by atoms with E-state index in [4.69, 9.17) is 0 Å². The first-order chi connectivity index (χ1) is 12.7. The highest BCUT2D eigenvalue weighted by Crippen LogP contribution is 2.30. The van der Waals surface area contributed by atoms with Gasteiger partial charge in [0.2, 0.25) is 0 Å². The van der Waals surface area contributed by atoms with Crippen LogP contribution in [0.25, 0.3) is 0 Å². The van der Waals surface area contributed by atoms with Crippen LogP contribution in [0.1, 0.15) is 117 Å². The van der Waals surface area contributed by atoms with Gasteiger partial charge in [0.05, 0.1) is 6.54 Å². The summed E-state index contributed by atoms with van der Waals surface area (Å²) in [4.78, 5) is 15.6. The largest absolute Gasteiger partial charge is 0.372 e. The number of nitrogens with zero attached hydrogens (tertiary/aromatic N) is 1. The average molecular weight is 365 g/mol. The lowest BCUT2D eigenvalue weighted by Crippen LogP contribution is -2.36. The van der Waals surface area contributed by atoms with Gasteiger partial charge in [-0.15, -0.1) is 0 Å². The van der Waals surface area contributed by atoms with Crippen molar-refractivity contribution >= 4 is 12.1 Å². The van der Waals surface area contributed by atoms with Crippen LogP contribution in [0, 0.1) is 5.41 Å². The molecular weight excluding hydrogens is 320 g/mol. The van der Waals surface area contributed by atoms with Crippen molar-refractivity contribution in [2.24, 2.45) is 10.4 Å². The Morgan fingerprint density at radius 2 is 1.38 bits per heavy atom. The third-order valence-corrected chi connectivity index (χ3v) is 5.86. The number of hydrogen-bond acceptors (Lipinski definition) is 3. The van der Waals surface area contributed by atoms with Crippen molar-refractivity contribution in [3.05, 3.63) is 0 Å². The summed E-state index contributed by atoms with van der Waals surface area (Å²) in [7, 11) is 0. The molecule has 152 valence electrons. The zero-order valence-corrected chi connectivity index (χ0v) is 17.7. The summed E-state index contributed by atoms with van der Waals surface area (Å²) in [6, 6.07) is 0. The smallest absolute Gasteiger partial charge is 0.120 e. The lowest BCUT2D eigenvalue weighted by Gasteiger charge is -2.28. The highest BCUT2D eigenvalue weighted by Gasteiger charge is 2.31. The average Bonchev–Trinajstić information content (AvgIpc) is 3.18. The molecule has 1 unspecified atom stereocenters. The topological polar surface area (TPSA) is 41.5 Å². The number of nitrogens with one attached hydrogen (secondary N) is 1. The molecule has 3 heteroatoms. The molecule has 0 aliphatic carbocycles. The Bertz CT molecular complexity index is 380. The summed E-state index contributed by atoms with van der Waals surface area (Å²) >= 11 is 0. The van der Waals surface area contributed by atoms with Gasteiger partial charge in [-0.2, -0.15) is 0 Å². The van der Waals surface area contributed by atoms with Crippen LogP contribution in [0.3, 0.4) is 0 Å². The van der Waals surface area contributed by atoms with Crippen molar-refractivity contribution in [2.75, 3.05) is 13.1 Å². The van der Waals surface area contributed by atoms with E-state index in [9.17, 15) is 4.79 Å². The maximum Gasteiger partial charge on any atom is 0.120 e. The minimum absolute atomic E-state index is 0.0601. The van der Waals surface area contributed by atoms with Gasteiger partial charge in [0.25, 0.3) is 0 Å². The van der Waals surface area contributed by atoms with Crippen molar-refractivity contribution in [1.29, 1.82) is 0 Å². The van der Waals surface area contributed by atoms with E-state index < -0.39 is 0 Å².